The standard InChI is InChI=1S/C14H17ClN4O/c1-9-6-13(19(3)17-9)14(20)18(2)8-10-7-11(16)4-5-12(10)15/h4-7H,8,16H2,1-3H3. The Morgan fingerprint density at radius 3 is 2.75 bits per heavy atom. The molecule has 0 spiro atoms. The number of benzene rings is 1. The van der Waals surface area contributed by atoms with E-state index in [1.54, 1.807) is 47.9 Å². The van der Waals surface area contributed by atoms with Gasteiger partial charge in [-0.15, -0.1) is 0 Å². The number of carbonyl (C=O) groups is 1. The molecule has 0 aliphatic carbocycles. The van der Waals surface area contributed by atoms with Crippen LogP contribution in [0, 0.1) is 6.92 Å². The van der Waals surface area contributed by atoms with Gasteiger partial charge in [-0.3, -0.25) is 9.48 Å². The van der Waals surface area contributed by atoms with E-state index in [2.05, 4.69) is 5.10 Å². The normalized spacial score (nSPS) is 10.6. The highest BCUT2D eigenvalue weighted by molar-refractivity contribution is 6.31. The van der Waals surface area contributed by atoms with Crippen molar-refractivity contribution in [2.45, 2.75) is 13.5 Å². The number of hydrogen-bond donors (Lipinski definition) is 1. The van der Waals surface area contributed by atoms with Crippen LogP contribution in [0.4, 0.5) is 5.69 Å². The first kappa shape index (κ1) is 14.4. The molecule has 0 unspecified atom stereocenters. The number of halogens is 1. The fourth-order valence-electron chi connectivity index (χ4n) is 2.05. The molecule has 106 valence electrons. The maximum absolute atomic E-state index is 12.4. The molecule has 1 aromatic carbocycles. The number of hydrogen-bond acceptors (Lipinski definition) is 3. The first-order chi connectivity index (χ1) is 9.38. The highest BCUT2D eigenvalue weighted by Crippen LogP contribution is 2.20. The lowest BCUT2D eigenvalue weighted by molar-refractivity contribution is 0.0774. The van der Waals surface area contributed by atoms with E-state index in [9.17, 15) is 4.79 Å². The number of rotatable bonds is 3. The van der Waals surface area contributed by atoms with Crippen molar-refractivity contribution < 1.29 is 4.79 Å². The SMILES string of the molecule is Cc1cc(C(=O)N(C)Cc2cc(N)ccc2Cl)n(C)n1. The zero-order valence-corrected chi connectivity index (χ0v) is 12.5. The maximum Gasteiger partial charge on any atom is 0.272 e. The minimum absolute atomic E-state index is 0.105. The van der Waals surface area contributed by atoms with Crippen LogP contribution in [-0.2, 0) is 13.6 Å². The summed E-state index contributed by atoms with van der Waals surface area (Å²) < 4.78 is 1.58. The summed E-state index contributed by atoms with van der Waals surface area (Å²) in [5.41, 5.74) is 8.55. The first-order valence-electron chi connectivity index (χ1n) is 6.18. The Labute approximate surface area is 122 Å². The Kier molecular flexibility index (Phi) is 3.99. The molecule has 1 aromatic heterocycles. The molecule has 20 heavy (non-hydrogen) atoms. The molecule has 0 saturated carbocycles. The van der Waals surface area contributed by atoms with Crippen LogP contribution < -0.4 is 5.73 Å². The number of carbonyl (C=O) groups excluding carboxylic acids is 1. The van der Waals surface area contributed by atoms with Gasteiger partial charge in [0.25, 0.3) is 5.91 Å². The van der Waals surface area contributed by atoms with E-state index >= 15 is 0 Å². The summed E-state index contributed by atoms with van der Waals surface area (Å²) in [5, 5.41) is 4.77. The van der Waals surface area contributed by atoms with Crippen LogP contribution in [0.15, 0.2) is 24.3 Å². The number of aryl methyl sites for hydroxylation is 2. The molecule has 2 rings (SSSR count). The number of nitrogens with zero attached hydrogens (tertiary/aromatic N) is 3. The van der Waals surface area contributed by atoms with Crippen molar-refractivity contribution in [3.05, 3.63) is 46.2 Å². The lowest BCUT2D eigenvalue weighted by atomic mass is 10.2. The van der Waals surface area contributed by atoms with Gasteiger partial charge in [-0.25, -0.2) is 0 Å². The molecule has 2 N–H and O–H groups in total. The summed E-state index contributed by atoms with van der Waals surface area (Å²) in [6.07, 6.45) is 0. The average molecular weight is 293 g/mol. The molecule has 5 nitrogen and oxygen atoms in total. The molecular formula is C14H17ClN4O. The maximum atomic E-state index is 12.4. The van der Waals surface area contributed by atoms with Gasteiger partial charge in [0.1, 0.15) is 5.69 Å². The number of amides is 1. The van der Waals surface area contributed by atoms with Crippen LogP contribution in [0.5, 0.6) is 0 Å². The average Bonchev–Trinajstić information content (AvgIpc) is 2.72. The molecule has 1 amide bonds. The molecule has 6 heteroatoms. The number of aromatic nitrogens is 2. The van der Waals surface area contributed by atoms with Crippen molar-refractivity contribution >= 4 is 23.2 Å². The highest BCUT2D eigenvalue weighted by Gasteiger charge is 2.17. The predicted octanol–water partition coefficient (Wildman–Crippen LogP) is 2.24. The second-order valence-corrected chi connectivity index (χ2v) is 5.21. The molecule has 2 aromatic rings. The summed E-state index contributed by atoms with van der Waals surface area (Å²) >= 11 is 6.12. The van der Waals surface area contributed by atoms with Crippen LogP contribution in [0.1, 0.15) is 21.7 Å². The smallest absolute Gasteiger partial charge is 0.272 e. The molecule has 0 radical (unpaired) electrons. The molecule has 0 saturated heterocycles. The topological polar surface area (TPSA) is 64.2 Å². The Bertz CT molecular complexity index is 651. The molecule has 0 aliphatic heterocycles. The van der Waals surface area contributed by atoms with Gasteiger partial charge in [-0.2, -0.15) is 5.10 Å². The van der Waals surface area contributed by atoms with Gasteiger partial charge in [0.05, 0.1) is 5.69 Å². The Balaban J connectivity index is 2.19. The third kappa shape index (κ3) is 2.93. The zero-order chi connectivity index (χ0) is 14.9. The Morgan fingerprint density at radius 2 is 2.15 bits per heavy atom. The van der Waals surface area contributed by atoms with Gasteiger partial charge >= 0.3 is 0 Å². The van der Waals surface area contributed by atoms with Gasteiger partial charge < -0.3 is 10.6 Å². The second kappa shape index (κ2) is 5.54. The Morgan fingerprint density at radius 1 is 1.45 bits per heavy atom. The van der Waals surface area contributed by atoms with Crippen molar-refractivity contribution in [2.24, 2.45) is 7.05 Å². The zero-order valence-electron chi connectivity index (χ0n) is 11.7. The third-order valence-electron chi connectivity index (χ3n) is 3.05. The van der Waals surface area contributed by atoms with Crippen LogP contribution in [0.25, 0.3) is 0 Å². The van der Waals surface area contributed by atoms with Crippen molar-refractivity contribution in [1.82, 2.24) is 14.7 Å². The van der Waals surface area contributed by atoms with E-state index < -0.39 is 0 Å². The van der Waals surface area contributed by atoms with Crippen molar-refractivity contribution in [1.29, 1.82) is 0 Å². The first-order valence-corrected chi connectivity index (χ1v) is 6.56. The van der Waals surface area contributed by atoms with E-state index in [1.807, 2.05) is 6.92 Å². The molecule has 1 heterocycles. The van der Waals surface area contributed by atoms with Gasteiger partial charge in [0, 0.05) is 31.4 Å². The summed E-state index contributed by atoms with van der Waals surface area (Å²) in [4.78, 5) is 14.0. The van der Waals surface area contributed by atoms with E-state index in [0.717, 1.165) is 11.3 Å². The van der Waals surface area contributed by atoms with Crippen molar-refractivity contribution in [3.8, 4) is 0 Å². The summed E-state index contributed by atoms with van der Waals surface area (Å²) in [6, 6.07) is 7.01. The van der Waals surface area contributed by atoms with E-state index in [0.29, 0.717) is 22.9 Å². The van der Waals surface area contributed by atoms with E-state index in [1.165, 1.54) is 0 Å². The summed E-state index contributed by atoms with van der Waals surface area (Å²) in [7, 11) is 3.48. The number of nitrogens with two attached hydrogens (primary N) is 1. The van der Waals surface area contributed by atoms with Crippen LogP contribution in [-0.4, -0.2) is 27.6 Å². The van der Waals surface area contributed by atoms with Crippen LogP contribution in [0.2, 0.25) is 5.02 Å². The van der Waals surface area contributed by atoms with Crippen molar-refractivity contribution in [3.63, 3.8) is 0 Å². The van der Waals surface area contributed by atoms with E-state index in [-0.39, 0.29) is 5.91 Å². The fourth-order valence-corrected chi connectivity index (χ4v) is 2.23. The van der Waals surface area contributed by atoms with Gasteiger partial charge in [-0.05, 0) is 36.8 Å². The Hall–Kier alpha value is -2.01. The minimum Gasteiger partial charge on any atom is -0.399 e. The monoisotopic (exact) mass is 292 g/mol. The third-order valence-corrected chi connectivity index (χ3v) is 3.41. The minimum atomic E-state index is -0.105. The van der Waals surface area contributed by atoms with Gasteiger partial charge in [0.2, 0.25) is 0 Å². The molecule has 0 fully saturated rings. The van der Waals surface area contributed by atoms with Crippen LogP contribution in [0.3, 0.4) is 0 Å². The molecule has 0 atom stereocenters. The predicted molar refractivity (Wildman–Crippen MR) is 79.6 cm³/mol. The lowest BCUT2D eigenvalue weighted by Gasteiger charge is -2.18. The fraction of sp³-hybridized carbons (Fsp3) is 0.286. The second-order valence-electron chi connectivity index (χ2n) is 4.81. The van der Waals surface area contributed by atoms with Gasteiger partial charge in [-0.1, -0.05) is 11.6 Å². The van der Waals surface area contributed by atoms with Gasteiger partial charge in [0.15, 0.2) is 0 Å². The number of nitrogen functional groups attached to an aromatic ring is 1. The quantitative estimate of drug-likeness (QED) is 0.882. The highest BCUT2D eigenvalue weighted by atomic mass is 35.5. The van der Waals surface area contributed by atoms with E-state index in [4.69, 9.17) is 17.3 Å². The number of anilines is 1. The molecule has 0 aliphatic rings. The molecule has 0 bridgehead atoms. The summed E-state index contributed by atoms with van der Waals surface area (Å²) in [5.74, 6) is -0.105. The lowest BCUT2D eigenvalue weighted by Crippen LogP contribution is -2.28. The largest absolute Gasteiger partial charge is 0.399 e. The van der Waals surface area contributed by atoms with Crippen LogP contribution >= 0.6 is 11.6 Å². The molecular weight excluding hydrogens is 276 g/mol. The van der Waals surface area contributed by atoms with Crippen molar-refractivity contribution in [2.75, 3.05) is 12.8 Å². The summed E-state index contributed by atoms with van der Waals surface area (Å²) in [6.45, 7) is 2.25.